The average molecular weight is 196 g/mol. The van der Waals surface area contributed by atoms with Crippen molar-refractivity contribution in [3.8, 4) is 0 Å². The van der Waals surface area contributed by atoms with Gasteiger partial charge in [0, 0.05) is 0 Å². The van der Waals surface area contributed by atoms with E-state index in [1.54, 1.807) is 6.08 Å². The third-order valence-corrected chi connectivity index (χ3v) is 2.89. The van der Waals surface area contributed by atoms with Crippen molar-refractivity contribution in [3.63, 3.8) is 0 Å². The molecule has 0 aromatic heterocycles. The van der Waals surface area contributed by atoms with E-state index in [1.165, 1.54) is 6.08 Å². The number of carbonyl (C=O) groups excluding carboxylic acids is 2. The monoisotopic (exact) mass is 196 g/mol. The average Bonchev–Trinajstić information content (AvgIpc) is 2.04. The lowest BCUT2D eigenvalue weighted by Crippen LogP contribution is -2.37. The van der Waals surface area contributed by atoms with Crippen molar-refractivity contribution < 1.29 is 9.59 Å². The van der Waals surface area contributed by atoms with Gasteiger partial charge in [0.15, 0.2) is 0 Å². The molecule has 0 aliphatic carbocycles. The first-order valence-electron chi connectivity index (χ1n) is 4.50. The van der Waals surface area contributed by atoms with Crippen molar-refractivity contribution in [1.29, 1.82) is 0 Å². The normalized spacial score (nSPS) is 11.4. The Balaban J connectivity index is 4.58. The lowest BCUT2D eigenvalue weighted by atomic mass is 9.72. The predicted molar refractivity (Wildman–Crippen MR) is 53.6 cm³/mol. The molecular weight excluding hydrogens is 180 g/mol. The smallest absolute Gasteiger partial charge is 0.211 e. The molecule has 0 aromatic rings. The summed E-state index contributed by atoms with van der Waals surface area (Å²) in [6, 6.07) is 0. The second-order valence-electron chi connectivity index (χ2n) is 4.37. The highest BCUT2D eigenvalue weighted by atomic mass is 16.1. The van der Waals surface area contributed by atoms with Gasteiger partial charge in [-0.3, -0.25) is 0 Å². The Bertz CT molecular complexity index is 282. The minimum atomic E-state index is -0.493. The van der Waals surface area contributed by atoms with Crippen molar-refractivity contribution in [2.75, 3.05) is 6.54 Å². The van der Waals surface area contributed by atoms with Crippen LogP contribution in [0.3, 0.4) is 0 Å². The molecule has 0 amide bonds. The Morgan fingerprint density at radius 2 is 1.64 bits per heavy atom. The van der Waals surface area contributed by atoms with E-state index >= 15 is 0 Å². The zero-order valence-corrected chi connectivity index (χ0v) is 9.13. The number of isocyanates is 2. The summed E-state index contributed by atoms with van der Waals surface area (Å²) in [5.74, 6) is 0. The van der Waals surface area contributed by atoms with Crippen molar-refractivity contribution in [2.24, 2.45) is 15.4 Å². The molecule has 0 radical (unpaired) electrons. The van der Waals surface area contributed by atoms with E-state index in [9.17, 15) is 9.59 Å². The second kappa shape index (κ2) is 4.85. The van der Waals surface area contributed by atoms with Gasteiger partial charge in [-0.15, -0.1) is 0 Å². The maximum atomic E-state index is 10.2. The van der Waals surface area contributed by atoms with Crippen molar-refractivity contribution in [2.45, 2.75) is 39.7 Å². The molecule has 0 aliphatic heterocycles. The van der Waals surface area contributed by atoms with E-state index in [0.717, 1.165) is 0 Å². The third kappa shape index (κ3) is 3.25. The highest BCUT2D eigenvalue weighted by Crippen LogP contribution is 2.36. The Kier molecular flexibility index (Phi) is 4.42. The van der Waals surface area contributed by atoms with Gasteiger partial charge in [0.1, 0.15) is 0 Å². The van der Waals surface area contributed by atoms with Gasteiger partial charge in [-0.05, 0) is 25.7 Å². The molecule has 0 saturated heterocycles. The van der Waals surface area contributed by atoms with Gasteiger partial charge in [-0.2, -0.15) is 4.99 Å². The van der Waals surface area contributed by atoms with Gasteiger partial charge in [-0.1, -0.05) is 13.8 Å². The Morgan fingerprint density at radius 1 is 1.07 bits per heavy atom. The first kappa shape index (κ1) is 12.8. The molecule has 14 heavy (non-hydrogen) atoms. The van der Waals surface area contributed by atoms with E-state index in [1.807, 2.05) is 27.7 Å². The van der Waals surface area contributed by atoms with E-state index < -0.39 is 5.54 Å². The number of hydrogen-bond donors (Lipinski definition) is 0. The van der Waals surface area contributed by atoms with Crippen LogP contribution in [0.4, 0.5) is 0 Å². The van der Waals surface area contributed by atoms with Gasteiger partial charge in [-0.25, -0.2) is 14.6 Å². The molecule has 0 spiro atoms. The number of nitrogens with zero attached hydrogens (tertiary/aromatic N) is 2. The standard InChI is InChI=1S/C10H16N2O2/c1-9(2,5-6-11-7-13)10(3,4)12-8-14/h5-6H2,1-4H3. The minimum Gasteiger partial charge on any atom is -0.211 e. The molecule has 0 aromatic carbocycles. The lowest BCUT2D eigenvalue weighted by molar-refractivity contribution is 0.192. The summed E-state index contributed by atoms with van der Waals surface area (Å²) in [4.78, 5) is 27.4. The van der Waals surface area contributed by atoms with Gasteiger partial charge in [0.2, 0.25) is 12.2 Å². The molecule has 0 bridgehead atoms. The van der Waals surface area contributed by atoms with Crippen LogP contribution in [-0.4, -0.2) is 24.2 Å². The number of rotatable bonds is 5. The van der Waals surface area contributed by atoms with E-state index in [4.69, 9.17) is 0 Å². The maximum Gasteiger partial charge on any atom is 0.235 e. The molecule has 0 unspecified atom stereocenters. The Hall–Kier alpha value is -1.24. The predicted octanol–water partition coefficient (Wildman–Crippen LogP) is 1.85. The van der Waals surface area contributed by atoms with Crippen LogP contribution >= 0.6 is 0 Å². The van der Waals surface area contributed by atoms with Gasteiger partial charge >= 0.3 is 0 Å². The SMILES string of the molecule is CC(C)(CCN=C=O)C(C)(C)N=C=O. The summed E-state index contributed by atoms with van der Waals surface area (Å²) < 4.78 is 0. The van der Waals surface area contributed by atoms with Crippen LogP contribution in [0.2, 0.25) is 0 Å². The lowest BCUT2D eigenvalue weighted by Gasteiger charge is -2.36. The Morgan fingerprint density at radius 3 is 2.07 bits per heavy atom. The molecule has 0 aliphatic rings. The Labute approximate surface area is 84.1 Å². The zero-order valence-electron chi connectivity index (χ0n) is 9.13. The fraction of sp³-hybridized carbons (Fsp3) is 0.800. The summed E-state index contributed by atoms with van der Waals surface area (Å²) >= 11 is 0. The van der Waals surface area contributed by atoms with Crippen LogP contribution in [0.15, 0.2) is 9.98 Å². The molecule has 78 valence electrons. The molecule has 4 nitrogen and oxygen atoms in total. The highest BCUT2D eigenvalue weighted by molar-refractivity contribution is 5.35. The molecule has 0 atom stereocenters. The van der Waals surface area contributed by atoms with Crippen LogP contribution in [0, 0.1) is 5.41 Å². The van der Waals surface area contributed by atoms with Crippen molar-refractivity contribution >= 4 is 12.2 Å². The number of aliphatic imine (C=N–C) groups is 2. The van der Waals surface area contributed by atoms with Crippen LogP contribution < -0.4 is 0 Å². The molecule has 0 N–H and O–H groups in total. The largest absolute Gasteiger partial charge is 0.235 e. The van der Waals surface area contributed by atoms with Crippen LogP contribution in [0.1, 0.15) is 34.1 Å². The zero-order chi connectivity index (χ0) is 11.2. The third-order valence-electron chi connectivity index (χ3n) is 2.89. The first-order chi connectivity index (χ1) is 6.37. The first-order valence-corrected chi connectivity index (χ1v) is 4.50. The minimum absolute atomic E-state index is 0.204. The molecule has 0 rings (SSSR count). The van der Waals surface area contributed by atoms with Crippen molar-refractivity contribution in [3.05, 3.63) is 0 Å². The molecule has 4 heteroatoms. The summed E-state index contributed by atoms with van der Waals surface area (Å²) in [6.45, 7) is 8.10. The summed E-state index contributed by atoms with van der Waals surface area (Å²) in [5, 5.41) is 0. The molecule has 0 saturated carbocycles. The van der Waals surface area contributed by atoms with Crippen LogP contribution in [0.25, 0.3) is 0 Å². The van der Waals surface area contributed by atoms with Crippen LogP contribution in [0.5, 0.6) is 0 Å². The summed E-state index contributed by atoms with van der Waals surface area (Å²) in [6.07, 6.45) is 3.74. The van der Waals surface area contributed by atoms with Gasteiger partial charge in [0.05, 0.1) is 12.1 Å². The molecule has 0 fully saturated rings. The fourth-order valence-electron chi connectivity index (χ4n) is 0.952. The highest BCUT2D eigenvalue weighted by Gasteiger charge is 2.36. The maximum absolute atomic E-state index is 10.2. The second-order valence-corrected chi connectivity index (χ2v) is 4.37. The summed E-state index contributed by atoms with van der Waals surface area (Å²) in [5.41, 5.74) is -0.697. The van der Waals surface area contributed by atoms with Crippen molar-refractivity contribution in [1.82, 2.24) is 0 Å². The van der Waals surface area contributed by atoms with Gasteiger partial charge in [0.25, 0.3) is 0 Å². The quantitative estimate of drug-likeness (QED) is 0.497. The van der Waals surface area contributed by atoms with Gasteiger partial charge < -0.3 is 0 Å². The van der Waals surface area contributed by atoms with Crippen LogP contribution in [-0.2, 0) is 9.59 Å². The fourth-order valence-corrected chi connectivity index (χ4v) is 0.952. The summed E-state index contributed by atoms with van der Waals surface area (Å²) in [7, 11) is 0. The number of hydrogen-bond acceptors (Lipinski definition) is 4. The van der Waals surface area contributed by atoms with E-state index in [0.29, 0.717) is 13.0 Å². The molecular formula is C10H16N2O2. The topological polar surface area (TPSA) is 58.9 Å². The van der Waals surface area contributed by atoms with E-state index in [-0.39, 0.29) is 5.41 Å². The molecule has 0 heterocycles. The van der Waals surface area contributed by atoms with E-state index in [2.05, 4.69) is 9.98 Å².